The summed E-state index contributed by atoms with van der Waals surface area (Å²) < 4.78 is 10.8. The summed E-state index contributed by atoms with van der Waals surface area (Å²) in [6, 6.07) is 7.56. The lowest BCUT2D eigenvalue weighted by molar-refractivity contribution is -0.156. The molecular formula is C18H25NO3. The summed E-state index contributed by atoms with van der Waals surface area (Å²) >= 11 is 0. The molecule has 0 amide bonds. The Morgan fingerprint density at radius 3 is 2.73 bits per heavy atom. The van der Waals surface area contributed by atoms with E-state index in [0.29, 0.717) is 5.92 Å². The maximum absolute atomic E-state index is 12.1. The van der Waals surface area contributed by atoms with E-state index in [0.717, 1.165) is 37.2 Å². The minimum atomic E-state index is -0.433. The van der Waals surface area contributed by atoms with Crippen LogP contribution in [0.2, 0.25) is 0 Å². The van der Waals surface area contributed by atoms with Crippen molar-refractivity contribution in [2.24, 2.45) is 5.92 Å². The van der Waals surface area contributed by atoms with Gasteiger partial charge in [-0.1, -0.05) is 12.1 Å². The Hall–Kier alpha value is -1.81. The number of hydrogen-bond acceptors (Lipinski definition) is 4. The van der Waals surface area contributed by atoms with Gasteiger partial charge in [0.25, 0.3) is 0 Å². The summed E-state index contributed by atoms with van der Waals surface area (Å²) in [5.41, 5.74) is 0.480. The molecule has 1 fully saturated rings. The highest BCUT2D eigenvalue weighted by Gasteiger charge is 2.33. The Kier molecular flexibility index (Phi) is 5.61. The molecule has 4 heteroatoms. The summed E-state index contributed by atoms with van der Waals surface area (Å²) in [4.78, 5) is 12.1. The molecule has 0 aromatic heterocycles. The van der Waals surface area contributed by atoms with E-state index in [9.17, 15) is 4.79 Å². The maximum atomic E-state index is 12.1. The fraction of sp³-hybridized carbons (Fsp3) is 0.500. The fourth-order valence-electron chi connectivity index (χ4n) is 2.80. The van der Waals surface area contributed by atoms with E-state index in [4.69, 9.17) is 9.47 Å². The monoisotopic (exact) mass is 303 g/mol. The number of rotatable bonds is 5. The molecule has 1 heterocycles. The van der Waals surface area contributed by atoms with Crippen LogP contribution in [0.25, 0.3) is 6.08 Å². The van der Waals surface area contributed by atoms with Crippen molar-refractivity contribution >= 4 is 12.0 Å². The van der Waals surface area contributed by atoms with Crippen molar-refractivity contribution in [1.82, 2.24) is 5.32 Å². The lowest BCUT2D eigenvalue weighted by Gasteiger charge is -2.36. The van der Waals surface area contributed by atoms with Crippen LogP contribution >= 0.6 is 0 Å². The van der Waals surface area contributed by atoms with Crippen LogP contribution in [0.1, 0.15) is 32.3 Å². The van der Waals surface area contributed by atoms with Gasteiger partial charge in [-0.3, -0.25) is 0 Å². The molecule has 1 N–H and O–H groups in total. The number of ether oxygens (including phenoxy) is 2. The van der Waals surface area contributed by atoms with Crippen molar-refractivity contribution in [3.8, 4) is 5.75 Å². The van der Waals surface area contributed by atoms with E-state index in [-0.39, 0.29) is 5.97 Å². The third kappa shape index (κ3) is 4.60. The van der Waals surface area contributed by atoms with Gasteiger partial charge in [0, 0.05) is 12.0 Å². The molecule has 1 aromatic rings. The molecule has 0 aliphatic carbocycles. The molecule has 0 unspecified atom stereocenters. The molecule has 2 rings (SSSR count). The smallest absolute Gasteiger partial charge is 0.331 e. The first-order chi connectivity index (χ1) is 10.5. The average Bonchev–Trinajstić information content (AvgIpc) is 2.53. The van der Waals surface area contributed by atoms with Crippen LogP contribution in [0, 0.1) is 5.92 Å². The van der Waals surface area contributed by atoms with Crippen molar-refractivity contribution in [3.05, 3.63) is 35.9 Å². The number of methoxy groups -OCH3 is 1. The molecule has 0 saturated carbocycles. The van der Waals surface area contributed by atoms with Crippen molar-refractivity contribution in [2.45, 2.75) is 32.3 Å². The first kappa shape index (κ1) is 16.6. The molecular weight excluding hydrogens is 278 g/mol. The lowest BCUT2D eigenvalue weighted by atomic mass is 9.83. The zero-order valence-corrected chi connectivity index (χ0v) is 13.6. The van der Waals surface area contributed by atoms with E-state index in [1.165, 1.54) is 6.08 Å². The standard InChI is InChI=1S/C18H25NO3/c1-18(2,15-9-11-19-12-10-15)22-17(20)8-7-14-5-4-6-16(13-14)21-3/h4-8,13,15,19H,9-12H2,1-3H3/b8-7+. The van der Waals surface area contributed by atoms with Crippen LogP contribution in [0.15, 0.2) is 30.3 Å². The first-order valence-corrected chi connectivity index (χ1v) is 7.77. The van der Waals surface area contributed by atoms with Gasteiger partial charge in [0.05, 0.1) is 7.11 Å². The van der Waals surface area contributed by atoms with Crippen molar-refractivity contribution in [1.29, 1.82) is 0 Å². The molecule has 1 saturated heterocycles. The number of benzene rings is 1. The summed E-state index contributed by atoms with van der Waals surface area (Å²) in [5, 5.41) is 3.33. The van der Waals surface area contributed by atoms with Crippen LogP contribution in [0.5, 0.6) is 5.75 Å². The highest BCUT2D eigenvalue weighted by molar-refractivity contribution is 5.87. The highest BCUT2D eigenvalue weighted by atomic mass is 16.6. The Balaban J connectivity index is 1.94. The zero-order chi connectivity index (χ0) is 16.0. The predicted octanol–water partition coefficient (Wildman–Crippen LogP) is 3.03. The lowest BCUT2D eigenvalue weighted by Crippen LogP contribution is -2.42. The molecule has 4 nitrogen and oxygen atoms in total. The van der Waals surface area contributed by atoms with Gasteiger partial charge in [0.15, 0.2) is 0 Å². The van der Waals surface area contributed by atoms with Crippen molar-refractivity contribution in [3.63, 3.8) is 0 Å². The van der Waals surface area contributed by atoms with E-state index < -0.39 is 5.60 Å². The molecule has 0 atom stereocenters. The number of carbonyl (C=O) groups is 1. The summed E-state index contributed by atoms with van der Waals surface area (Å²) in [5.74, 6) is 0.875. The summed E-state index contributed by atoms with van der Waals surface area (Å²) in [7, 11) is 1.62. The predicted molar refractivity (Wildman–Crippen MR) is 87.8 cm³/mol. The van der Waals surface area contributed by atoms with Crippen LogP contribution in [-0.2, 0) is 9.53 Å². The SMILES string of the molecule is COc1cccc(/C=C/C(=O)OC(C)(C)C2CCNCC2)c1. The van der Waals surface area contributed by atoms with E-state index >= 15 is 0 Å². The third-order valence-electron chi connectivity index (χ3n) is 4.19. The average molecular weight is 303 g/mol. The molecule has 1 aromatic carbocycles. The topological polar surface area (TPSA) is 47.6 Å². The molecule has 1 aliphatic heterocycles. The summed E-state index contributed by atoms with van der Waals surface area (Å²) in [6.45, 7) is 5.98. The van der Waals surface area contributed by atoms with Gasteiger partial charge in [0.1, 0.15) is 11.4 Å². The third-order valence-corrected chi connectivity index (χ3v) is 4.19. The number of hydrogen-bond donors (Lipinski definition) is 1. The van der Waals surface area contributed by atoms with Gasteiger partial charge in [-0.05, 0) is 63.6 Å². The van der Waals surface area contributed by atoms with Crippen LogP contribution in [0.3, 0.4) is 0 Å². The Bertz CT molecular complexity index is 531. The fourth-order valence-corrected chi connectivity index (χ4v) is 2.80. The van der Waals surface area contributed by atoms with Crippen molar-refractivity contribution < 1.29 is 14.3 Å². The molecule has 1 aliphatic rings. The maximum Gasteiger partial charge on any atom is 0.331 e. The molecule has 22 heavy (non-hydrogen) atoms. The number of nitrogens with one attached hydrogen (secondary N) is 1. The largest absolute Gasteiger partial charge is 0.497 e. The molecule has 0 spiro atoms. The minimum absolute atomic E-state index is 0.300. The second kappa shape index (κ2) is 7.45. The Morgan fingerprint density at radius 2 is 2.05 bits per heavy atom. The van der Waals surface area contributed by atoms with Gasteiger partial charge in [-0.25, -0.2) is 4.79 Å². The summed E-state index contributed by atoms with van der Waals surface area (Å²) in [6.07, 6.45) is 5.32. The van der Waals surface area contributed by atoms with E-state index in [1.54, 1.807) is 13.2 Å². The molecule has 0 bridgehead atoms. The van der Waals surface area contributed by atoms with Crippen LogP contribution < -0.4 is 10.1 Å². The Morgan fingerprint density at radius 1 is 1.32 bits per heavy atom. The van der Waals surface area contributed by atoms with Crippen LogP contribution in [-0.4, -0.2) is 31.8 Å². The van der Waals surface area contributed by atoms with E-state index in [1.807, 2.05) is 38.1 Å². The molecule has 120 valence electrons. The second-order valence-electron chi connectivity index (χ2n) is 6.16. The van der Waals surface area contributed by atoms with Gasteiger partial charge in [0.2, 0.25) is 0 Å². The quantitative estimate of drug-likeness (QED) is 0.671. The molecule has 0 radical (unpaired) electrons. The van der Waals surface area contributed by atoms with E-state index in [2.05, 4.69) is 5.32 Å². The van der Waals surface area contributed by atoms with Gasteiger partial charge >= 0.3 is 5.97 Å². The van der Waals surface area contributed by atoms with Gasteiger partial charge in [-0.2, -0.15) is 0 Å². The van der Waals surface area contributed by atoms with Crippen molar-refractivity contribution in [2.75, 3.05) is 20.2 Å². The minimum Gasteiger partial charge on any atom is -0.497 e. The second-order valence-corrected chi connectivity index (χ2v) is 6.16. The Labute approximate surface area is 132 Å². The van der Waals surface area contributed by atoms with Crippen LogP contribution in [0.4, 0.5) is 0 Å². The number of piperidine rings is 1. The first-order valence-electron chi connectivity index (χ1n) is 7.77. The number of esters is 1. The zero-order valence-electron chi connectivity index (χ0n) is 13.6. The normalized spacial score (nSPS) is 16.7. The van der Waals surface area contributed by atoms with Gasteiger partial charge in [-0.15, -0.1) is 0 Å². The number of carbonyl (C=O) groups excluding carboxylic acids is 1. The van der Waals surface area contributed by atoms with Gasteiger partial charge < -0.3 is 14.8 Å². The highest BCUT2D eigenvalue weighted by Crippen LogP contribution is 2.29.